The van der Waals surface area contributed by atoms with E-state index in [4.69, 9.17) is 0 Å². The van der Waals surface area contributed by atoms with Gasteiger partial charge in [0.25, 0.3) is 5.91 Å². The van der Waals surface area contributed by atoms with Gasteiger partial charge in [-0.2, -0.15) is 0 Å². The molecule has 0 atom stereocenters. The van der Waals surface area contributed by atoms with Gasteiger partial charge in [-0.1, -0.05) is 0 Å². The van der Waals surface area contributed by atoms with E-state index in [0.717, 1.165) is 23.3 Å². The summed E-state index contributed by atoms with van der Waals surface area (Å²) >= 11 is 0. The van der Waals surface area contributed by atoms with Crippen molar-refractivity contribution in [3.05, 3.63) is 41.5 Å². The zero-order chi connectivity index (χ0) is 12.1. The first kappa shape index (κ1) is 12.3. The lowest BCUT2D eigenvalue weighted by Crippen LogP contribution is -2.22. The number of halogens is 2. The van der Waals surface area contributed by atoms with Crippen molar-refractivity contribution >= 4 is 12.0 Å². The van der Waals surface area contributed by atoms with Crippen LogP contribution in [0.5, 0.6) is 0 Å². The quantitative estimate of drug-likeness (QED) is 0.584. The highest BCUT2D eigenvalue weighted by atomic mass is 19.1. The molecule has 0 heterocycles. The van der Waals surface area contributed by atoms with Crippen molar-refractivity contribution in [3.8, 4) is 0 Å². The van der Waals surface area contributed by atoms with E-state index < -0.39 is 17.5 Å². The number of carbonyl (C=O) groups is 1. The molecular weight excluding hydrogens is 216 g/mol. The number of benzene rings is 1. The average molecular weight is 227 g/mol. The largest absolute Gasteiger partial charge is 0.274 e. The molecule has 0 aliphatic rings. The van der Waals surface area contributed by atoms with E-state index in [1.165, 1.54) is 26.3 Å². The average Bonchev–Trinajstić information content (AvgIpc) is 2.26. The molecule has 0 saturated carbocycles. The molecule has 0 radical (unpaired) electrons. The predicted octanol–water partition coefficient (Wildman–Crippen LogP) is 2.00. The second kappa shape index (κ2) is 5.37. The summed E-state index contributed by atoms with van der Waals surface area (Å²) in [7, 11) is 2.76. The van der Waals surface area contributed by atoms with E-state index in [0.29, 0.717) is 0 Å². The summed E-state index contributed by atoms with van der Waals surface area (Å²) in [6, 6.07) is 3.12. The van der Waals surface area contributed by atoms with Gasteiger partial charge in [0.15, 0.2) is 0 Å². The first-order chi connectivity index (χ1) is 7.54. The molecule has 0 saturated heterocycles. The van der Waals surface area contributed by atoms with E-state index in [-0.39, 0.29) is 5.56 Å². The Balaban J connectivity index is 2.80. The number of nitrogens with zero attached hydrogens (tertiary/aromatic N) is 1. The van der Waals surface area contributed by atoms with Crippen LogP contribution in [0, 0.1) is 11.6 Å². The molecule has 1 aromatic carbocycles. The van der Waals surface area contributed by atoms with Crippen molar-refractivity contribution in [3.63, 3.8) is 0 Å². The molecule has 1 aromatic rings. The van der Waals surface area contributed by atoms with Gasteiger partial charge in [0, 0.05) is 24.8 Å². The molecule has 0 fully saturated rings. The minimum Gasteiger partial charge on any atom is -0.274 e. The van der Waals surface area contributed by atoms with Crippen LogP contribution in [0.2, 0.25) is 0 Å². The van der Waals surface area contributed by atoms with Crippen LogP contribution in [0.25, 0.3) is 6.08 Å². The lowest BCUT2D eigenvalue weighted by atomic mass is 10.2. The Morgan fingerprint density at radius 2 is 2.12 bits per heavy atom. The van der Waals surface area contributed by atoms with Crippen LogP contribution >= 0.6 is 0 Å². The normalized spacial score (nSPS) is 10.8. The molecule has 1 rings (SSSR count). The molecule has 86 valence electrons. The molecule has 3 nitrogen and oxygen atoms in total. The highest BCUT2D eigenvalue weighted by Crippen LogP contribution is 2.11. The molecule has 0 aliphatic carbocycles. The molecule has 0 aliphatic heterocycles. The van der Waals surface area contributed by atoms with Crippen LogP contribution in [-0.4, -0.2) is 25.1 Å². The van der Waals surface area contributed by atoms with Gasteiger partial charge in [-0.05, 0) is 18.2 Å². The summed E-state index contributed by atoms with van der Waals surface area (Å²) in [5.74, 6) is -1.81. The van der Waals surface area contributed by atoms with Gasteiger partial charge in [-0.25, -0.2) is 13.8 Å². The Bertz CT molecular complexity index is 418. The van der Waals surface area contributed by atoms with Gasteiger partial charge in [0.1, 0.15) is 11.6 Å². The minimum atomic E-state index is -0.718. The number of carbonyl (C=O) groups excluding carboxylic acids is 1. The first-order valence-electron chi connectivity index (χ1n) is 4.49. The van der Waals surface area contributed by atoms with Gasteiger partial charge >= 0.3 is 0 Å². The number of rotatable bonds is 3. The summed E-state index contributed by atoms with van der Waals surface area (Å²) in [6.07, 6.45) is 2.40. The zero-order valence-electron chi connectivity index (χ0n) is 8.91. The fourth-order valence-corrected chi connectivity index (χ4v) is 0.993. The monoisotopic (exact) mass is 227 g/mol. The molecular formula is C11H11F2NO2. The van der Waals surface area contributed by atoms with Crippen molar-refractivity contribution in [2.24, 2.45) is 0 Å². The molecule has 0 bridgehead atoms. The van der Waals surface area contributed by atoms with Crippen molar-refractivity contribution in [2.45, 2.75) is 0 Å². The van der Waals surface area contributed by atoms with Crippen LogP contribution in [0.1, 0.15) is 5.56 Å². The van der Waals surface area contributed by atoms with Crippen LogP contribution < -0.4 is 0 Å². The first-order valence-corrected chi connectivity index (χ1v) is 4.49. The third-order valence-corrected chi connectivity index (χ3v) is 1.95. The molecule has 0 spiro atoms. The molecule has 0 aromatic heterocycles. The number of hydrogen-bond acceptors (Lipinski definition) is 2. The van der Waals surface area contributed by atoms with Gasteiger partial charge in [0.05, 0.1) is 7.11 Å². The van der Waals surface area contributed by atoms with Gasteiger partial charge in [-0.15, -0.1) is 0 Å². The zero-order valence-corrected chi connectivity index (χ0v) is 8.91. The standard InChI is InChI=1S/C11H11F2NO2/c1-14(16-2)11(15)6-4-8-3-5-9(12)7-10(8)13/h3-7H,1-2H3. The molecule has 5 heteroatoms. The molecule has 16 heavy (non-hydrogen) atoms. The maximum absolute atomic E-state index is 13.1. The molecule has 1 amide bonds. The molecule has 0 unspecified atom stereocenters. The lowest BCUT2D eigenvalue weighted by molar-refractivity contribution is -0.162. The van der Waals surface area contributed by atoms with E-state index in [1.807, 2.05) is 0 Å². The minimum absolute atomic E-state index is 0.138. The SMILES string of the molecule is CON(C)C(=O)C=Cc1ccc(F)cc1F. The van der Waals surface area contributed by atoms with E-state index >= 15 is 0 Å². The van der Waals surface area contributed by atoms with E-state index in [9.17, 15) is 13.6 Å². The Morgan fingerprint density at radius 1 is 1.44 bits per heavy atom. The number of hydrogen-bond donors (Lipinski definition) is 0. The smallest absolute Gasteiger partial charge is 0.269 e. The summed E-state index contributed by atoms with van der Waals surface area (Å²) in [5, 5.41) is 0.984. The van der Waals surface area contributed by atoms with Crippen LogP contribution in [0.15, 0.2) is 24.3 Å². The second-order valence-corrected chi connectivity index (χ2v) is 3.02. The summed E-state index contributed by atoms with van der Waals surface area (Å²) in [4.78, 5) is 15.9. The van der Waals surface area contributed by atoms with E-state index in [2.05, 4.69) is 4.84 Å². The second-order valence-electron chi connectivity index (χ2n) is 3.02. The lowest BCUT2D eigenvalue weighted by Gasteiger charge is -2.09. The van der Waals surface area contributed by atoms with Crippen molar-refractivity contribution < 1.29 is 18.4 Å². The number of amides is 1. The fraction of sp³-hybridized carbons (Fsp3) is 0.182. The topological polar surface area (TPSA) is 29.5 Å². The Kier molecular flexibility index (Phi) is 4.13. The Hall–Kier alpha value is -1.75. The number of hydroxylamine groups is 2. The van der Waals surface area contributed by atoms with Gasteiger partial charge in [0.2, 0.25) is 0 Å². The number of likely N-dealkylation sites (N-methyl/N-ethyl adjacent to an activating group) is 1. The van der Waals surface area contributed by atoms with Crippen molar-refractivity contribution in [1.82, 2.24) is 5.06 Å². The maximum atomic E-state index is 13.1. The van der Waals surface area contributed by atoms with Gasteiger partial charge in [-0.3, -0.25) is 9.63 Å². The van der Waals surface area contributed by atoms with Crippen LogP contribution in [0.3, 0.4) is 0 Å². The highest BCUT2D eigenvalue weighted by Gasteiger charge is 2.04. The van der Waals surface area contributed by atoms with Crippen molar-refractivity contribution in [2.75, 3.05) is 14.2 Å². The summed E-state index contributed by atoms with van der Waals surface area (Å²) in [5.41, 5.74) is 0.138. The highest BCUT2D eigenvalue weighted by molar-refractivity contribution is 5.90. The third kappa shape index (κ3) is 3.13. The summed E-state index contributed by atoms with van der Waals surface area (Å²) in [6.45, 7) is 0. The van der Waals surface area contributed by atoms with Crippen LogP contribution in [-0.2, 0) is 9.63 Å². The van der Waals surface area contributed by atoms with Crippen molar-refractivity contribution in [1.29, 1.82) is 0 Å². The fourth-order valence-electron chi connectivity index (χ4n) is 0.993. The third-order valence-electron chi connectivity index (χ3n) is 1.95. The van der Waals surface area contributed by atoms with Crippen LogP contribution in [0.4, 0.5) is 8.78 Å². The van der Waals surface area contributed by atoms with Gasteiger partial charge < -0.3 is 0 Å². The maximum Gasteiger partial charge on any atom is 0.269 e. The Morgan fingerprint density at radius 3 is 2.69 bits per heavy atom. The molecule has 0 N–H and O–H groups in total. The predicted molar refractivity (Wildman–Crippen MR) is 55.2 cm³/mol. The Labute approximate surface area is 91.9 Å². The van der Waals surface area contributed by atoms with E-state index in [1.54, 1.807) is 0 Å². The summed E-state index contributed by atoms with van der Waals surface area (Å²) < 4.78 is 25.7.